The highest BCUT2D eigenvalue weighted by Crippen LogP contribution is 2.20. The molecule has 152 valence electrons. The first-order valence-corrected chi connectivity index (χ1v) is 9.91. The van der Waals surface area contributed by atoms with Crippen molar-refractivity contribution >= 4 is 17.2 Å². The van der Waals surface area contributed by atoms with E-state index in [0.717, 1.165) is 17.8 Å². The zero-order valence-corrected chi connectivity index (χ0v) is 16.7. The van der Waals surface area contributed by atoms with Gasteiger partial charge in [-0.2, -0.15) is 0 Å². The molecule has 0 aliphatic rings. The number of hydrogen-bond acceptors (Lipinski definition) is 4. The van der Waals surface area contributed by atoms with Gasteiger partial charge in [0.15, 0.2) is 0 Å². The van der Waals surface area contributed by atoms with Gasteiger partial charge in [0, 0.05) is 29.7 Å². The summed E-state index contributed by atoms with van der Waals surface area (Å²) in [7, 11) is 0. The van der Waals surface area contributed by atoms with E-state index in [9.17, 15) is 4.79 Å². The molecular weight excluding hydrogens is 378 g/mol. The van der Waals surface area contributed by atoms with Gasteiger partial charge in [-0.15, -0.1) is 0 Å². The number of imidazole rings is 1. The first-order valence-electron chi connectivity index (χ1n) is 9.91. The van der Waals surface area contributed by atoms with Crippen LogP contribution in [0.1, 0.15) is 29.4 Å². The molecule has 0 aliphatic heterocycles. The van der Waals surface area contributed by atoms with E-state index < -0.39 is 0 Å². The predicted octanol–water partition coefficient (Wildman–Crippen LogP) is 4.95. The van der Waals surface area contributed by atoms with Crippen LogP contribution in [0.4, 0.5) is 5.69 Å². The highest BCUT2D eigenvalue weighted by atomic mass is 16.5. The SMILES string of the molecule is CCCOc1cccc(C(=O)Nc2cccc(OCc3cn4ccccc4n3)c2)c1. The maximum atomic E-state index is 12.6. The van der Waals surface area contributed by atoms with Crippen LogP contribution in [-0.2, 0) is 6.61 Å². The molecule has 0 bridgehead atoms. The van der Waals surface area contributed by atoms with Gasteiger partial charge in [-0.05, 0) is 48.9 Å². The average molecular weight is 401 g/mol. The highest BCUT2D eigenvalue weighted by molar-refractivity contribution is 6.04. The fourth-order valence-corrected chi connectivity index (χ4v) is 3.03. The molecule has 4 aromatic rings. The number of carbonyl (C=O) groups is 1. The van der Waals surface area contributed by atoms with Crippen molar-refractivity contribution in [1.29, 1.82) is 0 Å². The summed E-state index contributed by atoms with van der Waals surface area (Å²) < 4.78 is 13.4. The van der Waals surface area contributed by atoms with Crippen molar-refractivity contribution < 1.29 is 14.3 Å². The zero-order valence-electron chi connectivity index (χ0n) is 16.7. The summed E-state index contributed by atoms with van der Waals surface area (Å²) >= 11 is 0. The van der Waals surface area contributed by atoms with Crippen molar-refractivity contribution in [2.75, 3.05) is 11.9 Å². The van der Waals surface area contributed by atoms with Crippen LogP contribution in [0.3, 0.4) is 0 Å². The Morgan fingerprint density at radius 2 is 1.83 bits per heavy atom. The maximum Gasteiger partial charge on any atom is 0.255 e. The van der Waals surface area contributed by atoms with Gasteiger partial charge in [0.2, 0.25) is 0 Å². The van der Waals surface area contributed by atoms with E-state index >= 15 is 0 Å². The molecule has 6 heteroatoms. The quantitative estimate of drug-likeness (QED) is 0.453. The summed E-state index contributed by atoms with van der Waals surface area (Å²) in [4.78, 5) is 17.1. The molecule has 6 nitrogen and oxygen atoms in total. The Labute approximate surface area is 175 Å². The largest absolute Gasteiger partial charge is 0.494 e. The molecule has 0 aliphatic carbocycles. The number of hydrogen-bond donors (Lipinski definition) is 1. The number of nitrogens with one attached hydrogen (secondary N) is 1. The number of carbonyl (C=O) groups excluding carboxylic acids is 1. The lowest BCUT2D eigenvalue weighted by atomic mass is 10.2. The molecule has 2 aromatic heterocycles. The summed E-state index contributed by atoms with van der Waals surface area (Å²) in [5, 5.41) is 2.91. The van der Waals surface area contributed by atoms with E-state index in [1.165, 1.54) is 0 Å². The molecule has 1 amide bonds. The molecule has 0 unspecified atom stereocenters. The third-order valence-electron chi connectivity index (χ3n) is 4.46. The average Bonchev–Trinajstić information content (AvgIpc) is 3.20. The molecule has 0 spiro atoms. The number of anilines is 1. The van der Waals surface area contributed by atoms with E-state index in [-0.39, 0.29) is 5.91 Å². The number of ether oxygens (including phenoxy) is 2. The molecule has 0 saturated carbocycles. The summed E-state index contributed by atoms with van der Waals surface area (Å²) in [5.74, 6) is 1.15. The number of fused-ring (bicyclic) bond motifs is 1. The van der Waals surface area contributed by atoms with Gasteiger partial charge in [-0.3, -0.25) is 4.79 Å². The molecule has 2 heterocycles. The number of aromatic nitrogens is 2. The first kappa shape index (κ1) is 19.5. The smallest absolute Gasteiger partial charge is 0.255 e. The Morgan fingerprint density at radius 3 is 2.67 bits per heavy atom. The van der Waals surface area contributed by atoms with Gasteiger partial charge in [-0.25, -0.2) is 4.98 Å². The van der Waals surface area contributed by atoms with Crippen LogP contribution < -0.4 is 14.8 Å². The molecule has 0 atom stereocenters. The Balaban J connectivity index is 1.39. The standard InChI is InChI=1S/C24H23N3O3/c1-2-13-29-21-9-5-7-18(14-21)24(28)26-19-8-6-10-22(15-19)30-17-20-16-27-12-4-3-11-23(27)25-20/h3-12,14-16H,2,13,17H2,1H3,(H,26,28). The molecular formula is C24H23N3O3. The van der Waals surface area contributed by atoms with Gasteiger partial charge in [0.05, 0.1) is 12.3 Å². The predicted molar refractivity (Wildman–Crippen MR) is 116 cm³/mol. The monoisotopic (exact) mass is 401 g/mol. The maximum absolute atomic E-state index is 12.6. The van der Waals surface area contributed by atoms with Crippen molar-refractivity contribution in [3.05, 3.63) is 90.4 Å². The van der Waals surface area contributed by atoms with Crippen molar-refractivity contribution in [2.24, 2.45) is 0 Å². The van der Waals surface area contributed by atoms with Crippen LogP contribution in [0.2, 0.25) is 0 Å². The van der Waals surface area contributed by atoms with E-state index in [1.54, 1.807) is 18.2 Å². The molecule has 0 fully saturated rings. The second-order valence-electron chi connectivity index (χ2n) is 6.85. The Hall–Kier alpha value is -3.80. The minimum Gasteiger partial charge on any atom is -0.494 e. The van der Waals surface area contributed by atoms with Crippen molar-refractivity contribution in [3.8, 4) is 11.5 Å². The third kappa shape index (κ3) is 4.78. The van der Waals surface area contributed by atoms with Crippen molar-refractivity contribution in [1.82, 2.24) is 9.38 Å². The van der Waals surface area contributed by atoms with Gasteiger partial charge in [-0.1, -0.05) is 25.1 Å². The highest BCUT2D eigenvalue weighted by Gasteiger charge is 2.09. The molecule has 4 rings (SSSR count). The molecule has 2 aromatic carbocycles. The fraction of sp³-hybridized carbons (Fsp3) is 0.167. The van der Waals surface area contributed by atoms with Crippen LogP contribution in [0, 0.1) is 0 Å². The zero-order chi connectivity index (χ0) is 20.8. The first-order chi connectivity index (χ1) is 14.7. The topological polar surface area (TPSA) is 64.9 Å². The lowest BCUT2D eigenvalue weighted by Crippen LogP contribution is -2.12. The number of rotatable bonds is 8. The van der Waals surface area contributed by atoms with Crippen molar-refractivity contribution in [2.45, 2.75) is 20.0 Å². The Bertz CT molecular complexity index is 1120. The van der Waals surface area contributed by atoms with E-state index in [4.69, 9.17) is 9.47 Å². The number of amides is 1. The second-order valence-corrected chi connectivity index (χ2v) is 6.85. The third-order valence-corrected chi connectivity index (χ3v) is 4.46. The minimum absolute atomic E-state index is 0.200. The van der Waals surface area contributed by atoms with E-state index in [0.29, 0.717) is 36.0 Å². The van der Waals surface area contributed by atoms with Gasteiger partial charge in [0.25, 0.3) is 5.91 Å². The van der Waals surface area contributed by atoms with Crippen LogP contribution in [0.25, 0.3) is 5.65 Å². The molecule has 30 heavy (non-hydrogen) atoms. The van der Waals surface area contributed by atoms with Gasteiger partial charge in [0.1, 0.15) is 23.8 Å². The summed E-state index contributed by atoms with van der Waals surface area (Å²) in [6.45, 7) is 3.01. The summed E-state index contributed by atoms with van der Waals surface area (Å²) in [6, 6.07) is 20.3. The van der Waals surface area contributed by atoms with Crippen LogP contribution in [-0.4, -0.2) is 21.9 Å². The van der Waals surface area contributed by atoms with E-state index in [2.05, 4.69) is 10.3 Å². The van der Waals surface area contributed by atoms with Crippen LogP contribution >= 0.6 is 0 Å². The molecule has 0 saturated heterocycles. The lowest BCUT2D eigenvalue weighted by Gasteiger charge is -2.10. The minimum atomic E-state index is -0.200. The van der Waals surface area contributed by atoms with Crippen molar-refractivity contribution in [3.63, 3.8) is 0 Å². The fourth-order valence-electron chi connectivity index (χ4n) is 3.03. The summed E-state index contributed by atoms with van der Waals surface area (Å²) in [6.07, 6.45) is 4.80. The number of nitrogens with zero attached hydrogens (tertiary/aromatic N) is 2. The second kappa shape index (κ2) is 9.13. The Kier molecular flexibility index (Phi) is 5.94. The summed E-state index contributed by atoms with van der Waals surface area (Å²) in [5.41, 5.74) is 2.91. The van der Waals surface area contributed by atoms with E-state index in [1.807, 2.05) is 72.2 Å². The van der Waals surface area contributed by atoms with Crippen LogP contribution in [0.5, 0.6) is 11.5 Å². The lowest BCUT2D eigenvalue weighted by molar-refractivity contribution is 0.102. The Morgan fingerprint density at radius 1 is 1.00 bits per heavy atom. The van der Waals surface area contributed by atoms with Crippen LogP contribution in [0.15, 0.2) is 79.1 Å². The normalized spacial score (nSPS) is 10.7. The number of pyridine rings is 1. The molecule has 1 N–H and O–H groups in total. The molecule has 0 radical (unpaired) electrons. The van der Waals surface area contributed by atoms with Gasteiger partial charge < -0.3 is 19.2 Å². The number of benzene rings is 2. The van der Waals surface area contributed by atoms with Gasteiger partial charge >= 0.3 is 0 Å².